The van der Waals surface area contributed by atoms with Crippen molar-refractivity contribution in [3.05, 3.63) is 0 Å². The van der Waals surface area contributed by atoms with E-state index in [9.17, 15) is 14.2 Å². The lowest BCUT2D eigenvalue weighted by Gasteiger charge is -2.14. The maximum atomic E-state index is 11.1. The molecule has 0 bridgehead atoms. The van der Waals surface area contributed by atoms with Crippen molar-refractivity contribution in [2.45, 2.75) is 19.0 Å². The molecule has 0 aromatic rings. The first-order valence-electron chi connectivity index (χ1n) is 4.12. The third-order valence-electron chi connectivity index (χ3n) is 1.49. The second-order valence-corrected chi connectivity index (χ2v) is 4.20. The fraction of sp³-hybridized carbons (Fsp3) is 0.667. The Bertz CT molecular complexity index is 314. The minimum absolute atomic E-state index is 0.706. The van der Waals surface area contributed by atoms with Crippen molar-refractivity contribution in [2.24, 2.45) is 5.73 Å². The number of nitrogens with one attached hydrogen (secondary N) is 1. The van der Waals surface area contributed by atoms with E-state index >= 15 is 0 Å². The van der Waals surface area contributed by atoms with Crippen molar-refractivity contribution in [2.75, 3.05) is 6.61 Å². The zero-order valence-electron chi connectivity index (χ0n) is 8.36. The summed E-state index contributed by atoms with van der Waals surface area (Å²) in [5, 5.41) is 10.5. The Morgan fingerprint density at radius 3 is 2.38 bits per heavy atom. The molecule has 0 aliphatic carbocycles. The number of carboxylic acid groups (broad SMARTS) is 1. The lowest BCUT2D eigenvalue weighted by Crippen LogP contribution is -2.48. The van der Waals surface area contributed by atoms with Gasteiger partial charge >= 0.3 is 13.8 Å². The predicted octanol–water partition coefficient (Wildman–Crippen LogP) is -1.99. The summed E-state index contributed by atoms with van der Waals surface area (Å²) in [4.78, 5) is 38.2. The van der Waals surface area contributed by atoms with Gasteiger partial charge in [0.2, 0.25) is 5.91 Å². The molecular formula is C6H13N2O7P. The van der Waals surface area contributed by atoms with Crippen molar-refractivity contribution >= 4 is 19.7 Å². The van der Waals surface area contributed by atoms with Crippen LogP contribution in [0.3, 0.4) is 0 Å². The highest BCUT2D eigenvalue weighted by molar-refractivity contribution is 7.46. The molecule has 9 nitrogen and oxygen atoms in total. The van der Waals surface area contributed by atoms with E-state index in [1.165, 1.54) is 6.92 Å². The van der Waals surface area contributed by atoms with Crippen molar-refractivity contribution < 1.29 is 33.6 Å². The number of hydrogen-bond donors (Lipinski definition) is 5. The van der Waals surface area contributed by atoms with Gasteiger partial charge in [0.25, 0.3) is 0 Å². The molecule has 1 amide bonds. The largest absolute Gasteiger partial charge is 0.480 e. The van der Waals surface area contributed by atoms with Gasteiger partial charge in [0.15, 0.2) is 0 Å². The fourth-order valence-electron chi connectivity index (χ4n) is 0.635. The molecule has 16 heavy (non-hydrogen) atoms. The molecule has 0 aliphatic rings. The van der Waals surface area contributed by atoms with Gasteiger partial charge in [-0.25, -0.2) is 4.57 Å². The van der Waals surface area contributed by atoms with Gasteiger partial charge in [-0.05, 0) is 6.92 Å². The second kappa shape index (κ2) is 5.92. The molecule has 2 atom stereocenters. The normalized spacial score (nSPS) is 15.2. The van der Waals surface area contributed by atoms with Gasteiger partial charge in [-0.3, -0.25) is 14.1 Å². The minimum atomic E-state index is -4.69. The molecule has 94 valence electrons. The molecular weight excluding hydrogens is 243 g/mol. The molecule has 0 aromatic carbocycles. The highest BCUT2D eigenvalue weighted by Gasteiger charge is 2.23. The summed E-state index contributed by atoms with van der Waals surface area (Å²) in [6, 6.07) is -2.50. The number of carbonyl (C=O) groups excluding carboxylic acids is 1. The molecule has 0 saturated carbocycles. The summed E-state index contributed by atoms with van der Waals surface area (Å²) in [6.45, 7) is 0.513. The van der Waals surface area contributed by atoms with Gasteiger partial charge in [-0.1, -0.05) is 0 Å². The first kappa shape index (κ1) is 15.0. The number of aliphatic carboxylic acids is 1. The molecule has 0 unspecified atom stereocenters. The molecule has 0 saturated heterocycles. The number of hydrogen-bond acceptors (Lipinski definition) is 5. The summed E-state index contributed by atoms with van der Waals surface area (Å²) in [7, 11) is -4.69. The van der Waals surface area contributed by atoms with E-state index in [4.69, 9.17) is 20.6 Å². The van der Waals surface area contributed by atoms with Crippen LogP contribution in [0.25, 0.3) is 0 Å². The molecule has 0 spiro atoms. The van der Waals surface area contributed by atoms with Crippen LogP contribution in [-0.4, -0.2) is 45.5 Å². The number of carboxylic acids is 1. The smallest absolute Gasteiger partial charge is 0.469 e. The summed E-state index contributed by atoms with van der Waals surface area (Å²) in [5.74, 6) is -2.13. The molecule has 0 aromatic heterocycles. The number of amides is 1. The highest BCUT2D eigenvalue weighted by atomic mass is 31.2. The molecule has 6 N–H and O–H groups in total. The topological polar surface area (TPSA) is 159 Å². The van der Waals surface area contributed by atoms with E-state index in [-0.39, 0.29) is 0 Å². The molecule has 0 radical (unpaired) electrons. The summed E-state index contributed by atoms with van der Waals surface area (Å²) in [6.07, 6.45) is 0. The number of phosphoric acid groups is 1. The summed E-state index contributed by atoms with van der Waals surface area (Å²) >= 11 is 0. The van der Waals surface area contributed by atoms with Gasteiger partial charge < -0.3 is 25.9 Å². The van der Waals surface area contributed by atoms with Gasteiger partial charge in [0.1, 0.15) is 12.1 Å². The number of carbonyl (C=O) groups is 2. The number of nitrogens with two attached hydrogens (primary N) is 1. The van der Waals surface area contributed by atoms with Crippen LogP contribution >= 0.6 is 7.82 Å². The van der Waals surface area contributed by atoms with Crippen LogP contribution < -0.4 is 11.1 Å². The average molecular weight is 256 g/mol. The van der Waals surface area contributed by atoms with Crippen LogP contribution in [0.15, 0.2) is 0 Å². The van der Waals surface area contributed by atoms with Crippen LogP contribution in [-0.2, 0) is 18.7 Å². The summed E-state index contributed by atoms with van der Waals surface area (Å²) in [5.41, 5.74) is 5.20. The lowest BCUT2D eigenvalue weighted by molar-refractivity contribution is -0.141. The quantitative estimate of drug-likeness (QED) is 0.341. The van der Waals surface area contributed by atoms with Crippen LogP contribution in [0.2, 0.25) is 0 Å². The van der Waals surface area contributed by atoms with E-state index in [1.54, 1.807) is 0 Å². The summed E-state index contributed by atoms with van der Waals surface area (Å²) < 4.78 is 14.3. The lowest BCUT2D eigenvalue weighted by atomic mass is 10.2. The average Bonchev–Trinajstić information content (AvgIpc) is 2.12. The van der Waals surface area contributed by atoms with E-state index in [1.807, 2.05) is 5.32 Å². The van der Waals surface area contributed by atoms with Crippen LogP contribution in [0.5, 0.6) is 0 Å². The van der Waals surface area contributed by atoms with Crippen molar-refractivity contribution in [1.82, 2.24) is 5.32 Å². The van der Waals surface area contributed by atoms with Crippen LogP contribution in [0.1, 0.15) is 6.92 Å². The zero-order chi connectivity index (χ0) is 12.9. The zero-order valence-corrected chi connectivity index (χ0v) is 9.26. The van der Waals surface area contributed by atoms with E-state index in [2.05, 4.69) is 4.52 Å². The fourth-order valence-corrected chi connectivity index (χ4v) is 0.990. The predicted molar refractivity (Wildman–Crippen MR) is 51.2 cm³/mol. The molecule has 0 rings (SSSR count). The van der Waals surface area contributed by atoms with E-state index < -0.39 is 38.4 Å². The van der Waals surface area contributed by atoms with Crippen molar-refractivity contribution in [3.8, 4) is 0 Å². The van der Waals surface area contributed by atoms with Gasteiger partial charge in [0.05, 0.1) is 6.61 Å². The molecule has 0 fully saturated rings. The molecule has 0 aliphatic heterocycles. The second-order valence-electron chi connectivity index (χ2n) is 2.96. The Morgan fingerprint density at radius 2 is 2.00 bits per heavy atom. The van der Waals surface area contributed by atoms with Gasteiger partial charge in [-0.15, -0.1) is 0 Å². The monoisotopic (exact) mass is 256 g/mol. The van der Waals surface area contributed by atoms with Crippen LogP contribution in [0.4, 0.5) is 0 Å². The Morgan fingerprint density at radius 1 is 1.50 bits per heavy atom. The Balaban J connectivity index is 4.10. The number of phosphoric ester groups is 1. The Kier molecular flexibility index (Phi) is 5.56. The van der Waals surface area contributed by atoms with Crippen LogP contribution in [0, 0.1) is 0 Å². The van der Waals surface area contributed by atoms with E-state index in [0.717, 1.165) is 0 Å². The standard InChI is InChI=1S/C6H13N2O7P/c1-3(6(10)11)8-5(9)4(7)2-15-16(12,13)14/h3-4H,2,7H2,1H3,(H,8,9)(H,10,11)(H2,12,13,14)/t3-,4-/m0/s1. The van der Waals surface area contributed by atoms with Gasteiger partial charge in [-0.2, -0.15) is 0 Å². The first-order chi connectivity index (χ1) is 7.13. The third kappa shape index (κ3) is 6.49. The van der Waals surface area contributed by atoms with Gasteiger partial charge in [0, 0.05) is 0 Å². The molecule has 10 heteroatoms. The Hall–Kier alpha value is -0.990. The maximum absolute atomic E-state index is 11.1. The van der Waals surface area contributed by atoms with Crippen molar-refractivity contribution in [1.29, 1.82) is 0 Å². The SMILES string of the molecule is C[C@H](NC(=O)[C@@H](N)COP(=O)(O)O)C(=O)O. The van der Waals surface area contributed by atoms with E-state index in [0.29, 0.717) is 0 Å². The maximum Gasteiger partial charge on any atom is 0.469 e. The van der Waals surface area contributed by atoms with Crippen molar-refractivity contribution in [3.63, 3.8) is 0 Å². The Labute approximate surface area is 90.8 Å². The molecule has 0 heterocycles. The minimum Gasteiger partial charge on any atom is -0.480 e. The highest BCUT2D eigenvalue weighted by Crippen LogP contribution is 2.35. The first-order valence-corrected chi connectivity index (χ1v) is 5.65. The third-order valence-corrected chi connectivity index (χ3v) is 1.97. The number of rotatable bonds is 6.